The summed E-state index contributed by atoms with van der Waals surface area (Å²) in [5.74, 6) is 2.23. The third-order valence-electron chi connectivity index (χ3n) is 5.96. The fraction of sp³-hybridized carbons (Fsp3) is 0.938. The molecule has 0 aromatic carbocycles. The van der Waals surface area contributed by atoms with Gasteiger partial charge in [0.15, 0.2) is 0 Å². The van der Waals surface area contributed by atoms with Gasteiger partial charge in [-0.2, -0.15) is 0 Å². The van der Waals surface area contributed by atoms with Crippen LogP contribution in [0.4, 0.5) is 0 Å². The van der Waals surface area contributed by atoms with Gasteiger partial charge in [-0.1, -0.05) is 27.2 Å². The normalized spacial score (nSPS) is 42.5. The maximum absolute atomic E-state index is 4.77. The van der Waals surface area contributed by atoms with Crippen LogP contribution in [0.1, 0.15) is 65.7 Å². The smallest absolute Gasteiger partial charge is 0.0965 e. The number of hydrogen-bond donors (Lipinski definition) is 1. The Labute approximate surface area is 112 Å². The molecular formula is C16H28N2. The first-order valence-electron chi connectivity index (χ1n) is 7.82. The molecule has 2 nitrogen and oxygen atoms in total. The summed E-state index contributed by atoms with van der Waals surface area (Å²) in [4.78, 5) is 4.77. The Morgan fingerprint density at radius 3 is 2.72 bits per heavy atom. The topological polar surface area (TPSA) is 24.4 Å². The molecule has 3 aliphatic rings. The highest BCUT2D eigenvalue weighted by Gasteiger charge is 2.59. The number of aliphatic imine (C=N–C) groups is 1. The summed E-state index contributed by atoms with van der Waals surface area (Å²) in [6, 6.07) is 0.639. The molecule has 2 bridgehead atoms. The van der Waals surface area contributed by atoms with Gasteiger partial charge in [-0.05, 0) is 48.9 Å². The summed E-state index contributed by atoms with van der Waals surface area (Å²) in [6.07, 6.45) is 9.39. The Balaban J connectivity index is 1.77. The number of rotatable bonds is 1. The van der Waals surface area contributed by atoms with Gasteiger partial charge >= 0.3 is 0 Å². The highest BCUT2D eigenvalue weighted by Crippen LogP contribution is 2.62. The Bertz CT molecular complexity index is 353. The Hall–Kier alpha value is -0.530. The molecule has 0 spiro atoms. The highest BCUT2D eigenvalue weighted by molar-refractivity contribution is 5.82. The Kier molecular flexibility index (Phi) is 2.95. The second kappa shape index (κ2) is 4.25. The molecule has 2 fully saturated rings. The monoisotopic (exact) mass is 248 g/mol. The van der Waals surface area contributed by atoms with Crippen molar-refractivity contribution in [1.82, 2.24) is 5.32 Å². The fourth-order valence-electron chi connectivity index (χ4n) is 4.82. The largest absolute Gasteiger partial charge is 0.370 e. The number of nitrogens with zero attached hydrogens (tertiary/aromatic N) is 1. The zero-order valence-corrected chi connectivity index (χ0v) is 12.3. The zero-order valence-electron chi connectivity index (χ0n) is 12.3. The molecule has 2 saturated carbocycles. The lowest BCUT2D eigenvalue weighted by atomic mass is 9.68. The number of nitrogens with one attached hydrogen (secondary N) is 1. The molecule has 0 aromatic rings. The van der Waals surface area contributed by atoms with Crippen molar-refractivity contribution in [3.05, 3.63) is 0 Å². The predicted octanol–water partition coefficient (Wildman–Crippen LogP) is 3.76. The molecule has 0 amide bonds. The first kappa shape index (κ1) is 12.5. The van der Waals surface area contributed by atoms with Gasteiger partial charge < -0.3 is 5.32 Å². The van der Waals surface area contributed by atoms with E-state index >= 15 is 0 Å². The molecule has 1 N–H and O–H groups in total. The summed E-state index contributed by atoms with van der Waals surface area (Å²) in [7, 11) is 0. The summed E-state index contributed by atoms with van der Waals surface area (Å²) in [5.41, 5.74) is 0.963. The molecule has 0 radical (unpaired) electrons. The van der Waals surface area contributed by atoms with Crippen molar-refractivity contribution >= 4 is 5.84 Å². The summed E-state index contributed by atoms with van der Waals surface area (Å²) >= 11 is 0. The molecule has 3 rings (SSSR count). The van der Waals surface area contributed by atoms with Crippen molar-refractivity contribution < 1.29 is 0 Å². The summed E-state index contributed by atoms with van der Waals surface area (Å²) in [6.45, 7) is 8.47. The highest BCUT2D eigenvalue weighted by atomic mass is 15.1. The van der Waals surface area contributed by atoms with Crippen LogP contribution in [0.3, 0.4) is 0 Å². The van der Waals surface area contributed by atoms with E-state index in [1.165, 1.54) is 50.8 Å². The number of fused-ring (bicyclic) bond motifs is 2. The van der Waals surface area contributed by atoms with Crippen LogP contribution < -0.4 is 5.32 Å². The van der Waals surface area contributed by atoms with Crippen molar-refractivity contribution in [2.75, 3.05) is 6.54 Å². The second-order valence-electron chi connectivity index (χ2n) is 7.63. The molecule has 2 aliphatic carbocycles. The van der Waals surface area contributed by atoms with Crippen molar-refractivity contribution in [2.45, 2.75) is 71.8 Å². The van der Waals surface area contributed by atoms with E-state index in [9.17, 15) is 0 Å². The molecule has 3 unspecified atom stereocenters. The third kappa shape index (κ3) is 1.88. The first-order chi connectivity index (χ1) is 8.52. The quantitative estimate of drug-likeness (QED) is 0.750. The lowest BCUT2D eigenvalue weighted by Gasteiger charge is -2.43. The van der Waals surface area contributed by atoms with E-state index in [0.29, 0.717) is 16.9 Å². The van der Waals surface area contributed by atoms with Crippen LogP contribution in [-0.2, 0) is 0 Å². The Morgan fingerprint density at radius 1 is 1.17 bits per heavy atom. The Morgan fingerprint density at radius 2 is 2.00 bits per heavy atom. The van der Waals surface area contributed by atoms with Gasteiger partial charge in [0.05, 0.1) is 5.84 Å². The molecule has 1 heterocycles. The van der Waals surface area contributed by atoms with Crippen molar-refractivity contribution in [2.24, 2.45) is 21.7 Å². The molecule has 0 aromatic heterocycles. The van der Waals surface area contributed by atoms with Crippen LogP contribution in [0.5, 0.6) is 0 Å². The van der Waals surface area contributed by atoms with Gasteiger partial charge in [-0.15, -0.1) is 0 Å². The van der Waals surface area contributed by atoms with Crippen LogP contribution in [0, 0.1) is 16.7 Å². The lowest BCUT2D eigenvalue weighted by molar-refractivity contribution is 0.124. The van der Waals surface area contributed by atoms with Gasteiger partial charge in [0.2, 0.25) is 0 Å². The minimum absolute atomic E-state index is 0.446. The van der Waals surface area contributed by atoms with E-state index in [1.807, 2.05) is 0 Å². The average Bonchev–Trinajstić information content (AvgIpc) is 2.66. The van der Waals surface area contributed by atoms with E-state index in [2.05, 4.69) is 26.1 Å². The lowest BCUT2D eigenvalue weighted by Crippen LogP contribution is -2.52. The average molecular weight is 248 g/mol. The van der Waals surface area contributed by atoms with E-state index in [4.69, 9.17) is 4.99 Å². The summed E-state index contributed by atoms with van der Waals surface area (Å²) < 4.78 is 0. The van der Waals surface area contributed by atoms with Crippen molar-refractivity contribution in [3.8, 4) is 0 Å². The molecule has 3 atom stereocenters. The van der Waals surface area contributed by atoms with Crippen LogP contribution in [0.2, 0.25) is 0 Å². The van der Waals surface area contributed by atoms with Crippen LogP contribution in [0.25, 0.3) is 0 Å². The maximum atomic E-state index is 4.77. The molecule has 2 heteroatoms. The first-order valence-corrected chi connectivity index (χ1v) is 7.82. The molecule has 18 heavy (non-hydrogen) atoms. The van der Waals surface area contributed by atoms with Crippen LogP contribution in [-0.4, -0.2) is 18.4 Å². The van der Waals surface area contributed by atoms with Gasteiger partial charge in [0, 0.05) is 19.0 Å². The second-order valence-corrected chi connectivity index (χ2v) is 7.63. The number of amidine groups is 1. The van der Waals surface area contributed by atoms with Crippen LogP contribution in [0.15, 0.2) is 4.99 Å². The van der Waals surface area contributed by atoms with Gasteiger partial charge in [-0.3, -0.25) is 4.99 Å². The van der Waals surface area contributed by atoms with E-state index in [-0.39, 0.29) is 0 Å². The zero-order chi connectivity index (χ0) is 12.8. The molecule has 0 saturated heterocycles. The molecular weight excluding hydrogens is 220 g/mol. The molecule has 1 aliphatic heterocycles. The van der Waals surface area contributed by atoms with Gasteiger partial charge in [0.25, 0.3) is 0 Å². The summed E-state index contributed by atoms with van der Waals surface area (Å²) in [5, 5.41) is 3.87. The van der Waals surface area contributed by atoms with Gasteiger partial charge in [-0.25, -0.2) is 0 Å². The number of hydrogen-bond acceptors (Lipinski definition) is 2. The van der Waals surface area contributed by atoms with Crippen LogP contribution >= 0.6 is 0 Å². The standard InChI is InChI=1S/C16H28N2/c1-15(2)12-8-9-16(3,11-12)14(15)18-13-7-5-4-6-10-17-13/h12,14H,4-11H2,1-3H3,(H,17,18). The SMILES string of the molecule is CC12CCC(C1)C(C)(C)C2NC1=NCCCCC1. The van der Waals surface area contributed by atoms with Crippen molar-refractivity contribution in [1.29, 1.82) is 0 Å². The maximum Gasteiger partial charge on any atom is 0.0965 e. The third-order valence-corrected chi connectivity index (χ3v) is 5.96. The van der Waals surface area contributed by atoms with E-state index in [0.717, 1.165) is 12.5 Å². The van der Waals surface area contributed by atoms with Crippen molar-refractivity contribution in [3.63, 3.8) is 0 Å². The van der Waals surface area contributed by atoms with Gasteiger partial charge in [0.1, 0.15) is 0 Å². The predicted molar refractivity (Wildman–Crippen MR) is 76.9 cm³/mol. The molecule has 102 valence electrons. The minimum Gasteiger partial charge on any atom is -0.370 e. The minimum atomic E-state index is 0.446. The van der Waals surface area contributed by atoms with E-state index < -0.39 is 0 Å². The van der Waals surface area contributed by atoms with E-state index in [1.54, 1.807) is 0 Å². The fourth-order valence-corrected chi connectivity index (χ4v) is 4.82.